The molecular formula is C20H17ClFN3O4. The van der Waals surface area contributed by atoms with E-state index in [2.05, 4.69) is 15.5 Å². The minimum atomic E-state index is -1.04. The number of aromatic nitrogens is 2. The monoisotopic (exact) mass is 417 g/mol. The summed E-state index contributed by atoms with van der Waals surface area (Å²) in [7, 11) is 0. The molecule has 1 N–H and O–H groups in total. The molecule has 3 aromatic rings. The minimum absolute atomic E-state index is 0.0418. The van der Waals surface area contributed by atoms with Gasteiger partial charge in [0.2, 0.25) is 11.7 Å². The Morgan fingerprint density at radius 2 is 2.00 bits per heavy atom. The number of esters is 1. The van der Waals surface area contributed by atoms with Crippen LogP contribution in [0.25, 0.3) is 11.4 Å². The number of amides is 1. The Kier molecular flexibility index (Phi) is 6.56. The molecule has 1 atom stereocenters. The molecule has 0 saturated heterocycles. The molecule has 1 aromatic heterocycles. The molecule has 0 aliphatic carbocycles. The van der Waals surface area contributed by atoms with Crippen LogP contribution in [0.4, 0.5) is 10.1 Å². The average Bonchev–Trinajstić information content (AvgIpc) is 3.16. The predicted octanol–water partition coefficient (Wildman–Crippen LogP) is 4.03. The van der Waals surface area contributed by atoms with E-state index in [0.717, 1.165) is 5.56 Å². The number of nitrogens with zero attached hydrogens (tertiary/aromatic N) is 2. The lowest BCUT2D eigenvalue weighted by Crippen LogP contribution is -2.30. The first kappa shape index (κ1) is 20.5. The standard InChI is InChI=1S/C20H17ClFN3O4/c1-12(20(27)23-16-4-2-3-15(22)11-16)28-18(26)10-9-17-24-19(25-29-17)13-5-7-14(21)8-6-13/h2-8,11-12H,9-10H2,1H3,(H,23,27). The van der Waals surface area contributed by atoms with Crippen LogP contribution in [0.2, 0.25) is 5.02 Å². The zero-order chi connectivity index (χ0) is 20.8. The second kappa shape index (κ2) is 9.29. The highest BCUT2D eigenvalue weighted by Gasteiger charge is 2.19. The number of ether oxygens (including phenoxy) is 1. The summed E-state index contributed by atoms with van der Waals surface area (Å²) in [6.45, 7) is 1.43. The van der Waals surface area contributed by atoms with Crippen molar-refractivity contribution in [2.24, 2.45) is 0 Å². The predicted molar refractivity (Wildman–Crippen MR) is 104 cm³/mol. The van der Waals surface area contributed by atoms with E-state index in [9.17, 15) is 14.0 Å². The molecule has 3 rings (SSSR count). The van der Waals surface area contributed by atoms with Gasteiger partial charge in [0.25, 0.3) is 5.91 Å². The van der Waals surface area contributed by atoms with Gasteiger partial charge in [-0.3, -0.25) is 9.59 Å². The fourth-order valence-electron chi connectivity index (χ4n) is 2.40. The first-order valence-corrected chi connectivity index (χ1v) is 9.13. The fourth-order valence-corrected chi connectivity index (χ4v) is 2.53. The van der Waals surface area contributed by atoms with Crippen molar-refractivity contribution in [3.8, 4) is 11.4 Å². The summed E-state index contributed by atoms with van der Waals surface area (Å²) >= 11 is 5.84. The first-order valence-electron chi connectivity index (χ1n) is 8.75. The van der Waals surface area contributed by atoms with Crippen LogP contribution in [0.5, 0.6) is 0 Å². The van der Waals surface area contributed by atoms with Gasteiger partial charge in [-0.15, -0.1) is 0 Å². The van der Waals surface area contributed by atoms with E-state index in [0.29, 0.717) is 10.8 Å². The van der Waals surface area contributed by atoms with Gasteiger partial charge < -0.3 is 14.6 Å². The zero-order valence-electron chi connectivity index (χ0n) is 15.4. The van der Waals surface area contributed by atoms with Gasteiger partial charge in [-0.2, -0.15) is 4.98 Å². The molecule has 7 nitrogen and oxygen atoms in total. The molecule has 0 fully saturated rings. The van der Waals surface area contributed by atoms with Crippen molar-refractivity contribution in [3.05, 3.63) is 65.3 Å². The van der Waals surface area contributed by atoms with Crippen LogP contribution >= 0.6 is 11.6 Å². The van der Waals surface area contributed by atoms with E-state index in [1.165, 1.54) is 31.2 Å². The lowest BCUT2D eigenvalue weighted by Gasteiger charge is -2.13. The average molecular weight is 418 g/mol. The van der Waals surface area contributed by atoms with Crippen LogP contribution in [0, 0.1) is 5.82 Å². The van der Waals surface area contributed by atoms with E-state index >= 15 is 0 Å². The summed E-state index contributed by atoms with van der Waals surface area (Å²) in [5.41, 5.74) is 1.01. The summed E-state index contributed by atoms with van der Waals surface area (Å²) in [5.74, 6) is -0.994. The van der Waals surface area contributed by atoms with Gasteiger partial charge in [0.15, 0.2) is 6.10 Å². The number of carbonyl (C=O) groups excluding carboxylic acids is 2. The molecule has 0 aliphatic rings. The molecule has 0 bridgehead atoms. The maximum absolute atomic E-state index is 13.2. The van der Waals surface area contributed by atoms with Gasteiger partial charge in [0.1, 0.15) is 5.82 Å². The number of carbonyl (C=O) groups is 2. The molecule has 1 unspecified atom stereocenters. The van der Waals surface area contributed by atoms with Crippen molar-refractivity contribution in [1.29, 1.82) is 0 Å². The third-order valence-electron chi connectivity index (χ3n) is 3.88. The number of rotatable bonds is 7. The van der Waals surface area contributed by atoms with E-state index < -0.39 is 23.8 Å². The number of halogens is 2. The Bertz CT molecular complexity index is 1010. The van der Waals surface area contributed by atoms with Crippen LogP contribution in [0.3, 0.4) is 0 Å². The molecule has 2 aromatic carbocycles. The molecule has 0 saturated carbocycles. The van der Waals surface area contributed by atoms with Crippen molar-refractivity contribution in [2.45, 2.75) is 25.9 Å². The van der Waals surface area contributed by atoms with Crippen molar-refractivity contribution in [2.75, 3.05) is 5.32 Å². The highest BCUT2D eigenvalue weighted by atomic mass is 35.5. The number of nitrogens with one attached hydrogen (secondary N) is 1. The van der Waals surface area contributed by atoms with E-state index in [-0.39, 0.29) is 24.4 Å². The molecular weight excluding hydrogens is 401 g/mol. The van der Waals surface area contributed by atoms with Crippen LogP contribution in [0.1, 0.15) is 19.2 Å². The Morgan fingerprint density at radius 3 is 2.72 bits per heavy atom. The molecule has 9 heteroatoms. The van der Waals surface area contributed by atoms with Gasteiger partial charge in [-0.25, -0.2) is 4.39 Å². The normalized spacial score (nSPS) is 11.7. The van der Waals surface area contributed by atoms with Gasteiger partial charge in [0, 0.05) is 22.7 Å². The third-order valence-corrected chi connectivity index (χ3v) is 4.14. The number of aryl methyl sites for hydroxylation is 1. The number of hydrogen-bond donors (Lipinski definition) is 1. The highest BCUT2D eigenvalue weighted by Crippen LogP contribution is 2.19. The number of benzene rings is 2. The Balaban J connectivity index is 1.48. The molecule has 1 amide bonds. The molecule has 0 aliphatic heterocycles. The summed E-state index contributed by atoms with van der Waals surface area (Å²) < 4.78 is 23.4. The van der Waals surface area contributed by atoms with E-state index in [1.807, 2.05) is 0 Å². The summed E-state index contributed by atoms with van der Waals surface area (Å²) in [4.78, 5) is 28.3. The second-order valence-electron chi connectivity index (χ2n) is 6.15. The quantitative estimate of drug-likeness (QED) is 0.583. The second-order valence-corrected chi connectivity index (χ2v) is 6.59. The van der Waals surface area contributed by atoms with E-state index in [1.54, 1.807) is 24.3 Å². The summed E-state index contributed by atoms with van der Waals surface area (Å²) in [5, 5.41) is 6.94. The van der Waals surface area contributed by atoms with Crippen molar-refractivity contribution in [3.63, 3.8) is 0 Å². The van der Waals surface area contributed by atoms with Gasteiger partial charge in [-0.05, 0) is 49.4 Å². The van der Waals surface area contributed by atoms with Crippen LogP contribution < -0.4 is 5.32 Å². The minimum Gasteiger partial charge on any atom is -0.453 e. The highest BCUT2D eigenvalue weighted by molar-refractivity contribution is 6.30. The lowest BCUT2D eigenvalue weighted by molar-refractivity contribution is -0.153. The smallest absolute Gasteiger partial charge is 0.307 e. The van der Waals surface area contributed by atoms with Crippen LogP contribution in [-0.4, -0.2) is 28.1 Å². The van der Waals surface area contributed by atoms with Crippen molar-refractivity contribution < 1.29 is 23.2 Å². The van der Waals surface area contributed by atoms with Crippen LogP contribution in [0.15, 0.2) is 53.1 Å². The maximum Gasteiger partial charge on any atom is 0.307 e. The molecule has 0 radical (unpaired) electrons. The van der Waals surface area contributed by atoms with E-state index in [4.69, 9.17) is 20.9 Å². The topological polar surface area (TPSA) is 94.3 Å². The van der Waals surface area contributed by atoms with Gasteiger partial charge >= 0.3 is 5.97 Å². The van der Waals surface area contributed by atoms with Crippen molar-refractivity contribution in [1.82, 2.24) is 10.1 Å². The van der Waals surface area contributed by atoms with Gasteiger partial charge in [-0.1, -0.05) is 22.8 Å². The maximum atomic E-state index is 13.2. The summed E-state index contributed by atoms with van der Waals surface area (Å²) in [6, 6.07) is 12.3. The zero-order valence-corrected chi connectivity index (χ0v) is 16.1. The largest absolute Gasteiger partial charge is 0.453 e. The molecule has 0 spiro atoms. The molecule has 29 heavy (non-hydrogen) atoms. The molecule has 1 heterocycles. The van der Waals surface area contributed by atoms with Crippen molar-refractivity contribution >= 4 is 29.2 Å². The SMILES string of the molecule is CC(OC(=O)CCc1nc(-c2ccc(Cl)cc2)no1)C(=O)Nc1cccc(F)c1. The Hall–Kier alpha value is -3.26. The third kappa shape index (κ3) is 5.86. The molecule has 150 valence electrons. The first-order chi connectivity index (χ1) is 13.9. The Labute approximate surface area is 170 Å². The number of hydrogen-bond acceptors (Lipinski definition) is 6. The van der Waals surface area contributed by atoms with Crippen LogP contribution in [-0.2, 0) is 20.7 Å². The lowest BCUT2D eigenvalue weighted by atomic mass is 10.2. The Morgan fingerprint density at radius 1 is 1.24 bits per heavy atom. The number of anilines is 1. The fraction of sp³-hybridized carbons (Fsp3) is 0.200. The van der Waals surface area contributed by atoms with Gasteiger partial charge in [0.05, 0.1) is 6.42 Å². The summed E-state index contributed by atoms with van der Waals surface area (Å²) in [6.07, 6.45) is -0.921.